The standard InChI is InChI=1S/C62H73N13O4/c1-6-24-76-53-43-20-14-22-45(53)31-49-35-52(69-62-73-58(65)71-60(75-62)67-39(5)42-18-11-10-12-19-42)36-50(56(49)79-27-9-4)32-46-23-15-21-44(54(46)77-25-7-2)30-48-34-51(33-47(29-43)55(48)78-26-8-3)68-61-72-57(64)70-59(74-61)66-38-41-17-13-16-40(28-41)37-63/h10-23,28,33-36,39H,6-9,24-27,29-32,37-38,63H2,1-5H3,(H4,64,66,68,70,72,74)(H4,65,67,69,71,73,75)/t39-/m1/s1. The summed E-state index contributed by atoms with van der Waals surface area (Å²) in [5.74, 6) is 4.68. The van der Waals surface area contributed by atoms with Crippen molar-refractivity contribution in [3.63, 3.8) is 0 Å². The minimum atomic E-state index is -0.0866. The van der Waals surface area contributed by atoms with Gasteiger partial charge in [0.05, 0.1) is 32.5 Å². The maximum Gasteiger partial charge on any atom is 0.233 e. The largest absolute Gasteiger partial charge is 0.493 e. The van der Waals surface area contributed by atoms with Crippen molar-refractivity contribution in [2.75, 3.05) is 59.2 Å². The Morgan fingerprint density at radius 2 is 0.835 bits per heavy atom. The fourth-order valence-electron chi connectivity index (χ4n) is 9.75. The van der Waals surface area contributed by atoms with Gasteiger partial charge in [-0.2, -0.15) is 29.9 Å². The topological polar surface area (TPSA) is 240 Å². The first-order valence-electron chi connectivity index (χ1n) is 27.5. The second-order valence-electron chi connectivity index (χ2n) is 19.7. The maximum atomic E-state index is 6.85. The number of nitrogens with one attached hydrogen (secondary N) is 4. The number of hydrogen-bond donors (Lipinski definition) is 7. The molecule has 1 aliphatic rings. The molecule has 17 heteroatoms. The first-order chi connectivity index (χ1) is 38.6. The van der Waals surface area contributed by atoms with E-state index in [0.717, 1.165) is 121 Å². The van der Waals surface area contributed by atoms with E-state index in [1.165, 1.54) is 0 Å². The predicted octanol–water partition coefficient (Wildman–Crippen LogP) is 11.8. The number of nitrogens with two attached hydrogens (primary N) is 3. The van der Waals surface area contributed by atoms with Gasteiger partial charge < -0.3 is 57.4 Å². The molecule has 79 heavy (non-hydrogen) atoms. The molecule has 0 saturated carbocycles. The Labute approximate surface area is 463 Å². The van der Waals surface area contributed by atoms with E-state index in [1.54, 1.807) is 0 Å². The Balaban J connectivity index is 1.17. The molecule has 2 heterocycles. The van der Waals surface area contributed by atoms with Gasteiger partial charge in [-0.3, -0.25) is 0 Å². The summed E-state index contributed by atoms with van der Waals surface area (Å²) in [6.07, 6.45) is 5.20. The van der Waals surface area contributed by atoms with Crippen LogP contribution in [0.25, 0.3) is 0 Å². The van der Waals surface area contributed by atoms with Crippen molar-refractivity contribution in [3.05, 3.63) is 176 Å². The molecule has 8 aromatic rings. The molecule has 6 aromatic carbocycles. The lowest BCUT2D eigenvalue weighted by molar-refractivity contribution is 0.304. The highest BCUT2D eigenvalue weighted by molar-refractivity contribution is 5.67. The Morgan fingerprint density at radius 3 is 1.28 bits per heavy atom. The first-order valence-corrected chi connectivity index (χ1v) is 27.5. The van der Waals surface area contributed by atoms with Crippen LogP contribution in [-0.2, 0) is 38.8 Å². The quantitative estimate of drug-likeness (QED) is 0.0315. The Kier molecular flexibility index (Phi) is 18.5. The SMILES string of the molecule is CCCOc1c2cccc1Cc1cc(Nc3nc(N)nc(N[C@H](C)c4ccccc4)n3)cc(c1OCCC)Cc1cccc(c1OCCC)Cc1cc(Nc3nc(N)nc(NCc4cccc(CN)c4)n3)cc(c1OCCC)C2. The van der Waals surface area contributed by atoms with Crippen molar-refractivity contribution in [1.82, 2.24) is 29.9 Å². The molecule has 0 amide bonds. The second kappa shape index (κ2) is 26.6. The molecule has 8 bridgehead atoms. The van der Waals surface area contributed by atoms with Crippen molar-refractivity contribution in [2.45, 2.75) is 105 Å². The Hall–Kier alpha value is -8.70. The van der Waals surface area contributed by atoms with E-state index in [-0.39, 0.29) is 17.9 Å². The molecule has 17 nitrogen and oxygen atoms in total. The van der Waals surface area contributed by atoms with Crippen LogP contribution >= 0.6 is 0 Å². The summed E-state index contributed by atoms with van der Waals surface area (Å²) < 4.78 is 27.4. The second-order valence-corrected chi connectivity index (χ2v) is 19.7. The van der Waals surface area contributed by atoms with E-state index in [4.69, 9.17) is 46.1 Å². The summed E-state index contributed by atoms with van der Waals surface area (Å²) in [7, 11) is 0. The molecule has 9 rings (SSSR count). The summed E-state index contributed by atoms with van der Waals surface area (Å²) in [5, 5.41) is 13.8. The highest BCUT2D eigenvalue weighted by atomic mass is 16.5. The minimum absolute atomic E-state index is 0.0755. The molecule has 10 N–H and O–H groups in total. The zero-order valence-electron chi connectivity index (χ0n) is 46.0. The number of anilines is 8. The summed E-state index contributed by atoms with van der Waals surface area (Å²) in [6, 6.07) is 39.3. The van der Waals surface area contributed by atoms with Gasteiger partial charge in [-0.15, -0.1) is 0 Å². The van der Waals surface area contributed by atoms with Crippen LogP contribution in [0.5, 0.6) is 23.0 Å². The lowest BCUT2D eigenvalue weighted by Crippen LogP contribution is -2.13. The molecule has 0 saturated heterocycles. The molecular formula is C62H73N13O4. The van der Waals surface area contributed by atoms with Gasteiger partial charge in [-0.05, 0) is 95.8 Å². The number of aromatic nitrogens is 6. The highest BCUT2D eigenvalue weighted by Crippen LogP contribution is 2.42. The van der Waals surface area contributed by atoms with Gasteiger partial charge in [0.2, 0.25) is 35.7 Å². The highest BCUT2D eigenvalue weighted by Gasteiger charge is 2.24. The van der Waals surface area contributed by atoms with Crippen molar-refractivity contribution >= 4 is 47.1 Å². The Bertz CT molecular complexity index is 3240. The number of ether oxygens (including phenoxy) is 4. The maximum absolute atomic E-state index is 6.85. The van der Waals surface area contributed by atoms with E-state index in [1.807, 2.05) is 36.4 Å². The molecule has 1 atom stereocenters. The number of fused-ring (bicyclic) bond motifs is 8. The van der Waals surface area contributed by atoms with Gasteiger partial charge in [-0.25, -0.2) is 0 Å². The molecule has 0 radical (unpaired) electrons. The van der Waals surface area contributed by atoms with Crippen LogP contribution in [0, 0.1) is 0 Å². The smallest absolute Gasteiger partial charge is 0.233 e. The summed E-state index contributed by atoms with van der Waals surface area (Å²) >= 11 is 0. The van der Waals surface area contributed by atoms with Crippen LogP contribution < -0.4 is 57.4 Å². The minimum Gasteiger partial charge on any atom is -0.493 e. The molecule has 1 aliphatic carbocycles. The number of rotatable bonds is 23. The van der Waals surface area contributed by atoms with Gasteiger partial charge in [0.25, 0.3) is 0 Å². The third-order valence-electron chi connectivity index (χ3n) is 13.3. The van der Waals surface area contributed by atoms with E-state index in [2.05, 4.69) is 155 Å². The molecule has 0 fully saturated rings. The van der Waals surface area contributed by atoms with Crippen LogP contribution in [0.1, 0.15) is 128 Å². The number of benzene rings is 6. The lowest BCUT2D eigenvalue weighted by atomic mass is 9.90. The summed E-state index contributed by atoms with van der Waals surface area (Å²) in [6.45, 7) is 13.5. The van der Waals surface area contributed by atoms with Crippen molar-refractivity contribution in [3.8, 4) is 23.0 Å². The molecular weight excluding hydrogens is 991 g/mol. The lowest BCUT2D eigenvalue weighted by Gasteiger charge is -2.24. The van der Waals surface area contributed by atoms with Crippen LogP contribution in [0.3, 0.4) is 0 Å². The van der Waals surface area contributed by atoms with E-state index >= 15 is 0 Å². The fraction of sp³-hybridized carbons (Fsp3) is 0.323. The number of nitrogen functional groups attached to an aromatic ring is 2. The summed E-state index contributed by atoms with van der Waals surface area (Å²) in [4.78, 5) is 27.6. The molecule has 0 aliphatic heterocycles. The van der Waals surface area contributed by atoms with Crippen molar-refractivity contribution < 1.29 is 18.9 Å². The van der Waals surface area contributed by atoms with Crippen LogP contribution in [0.4, 0.5) is 47.1 Å². The molecule has 410 valence electrons. The van der Waals surface area contributed by atoms with Gasteiger partial charge >= 0.3 is 0 Å². The van der Waals surface area contributed by atoms with Crippen LogP contribution in [0.2, 0.25) is 0 Å². The number of para-hydroxylation sites is 2. The average molecular weight is 1060 g/mol. The van der Waals surface area contributed by atoms with Gasteiger partial charge in [0, 0.05) is 72.4 Å². The average Bonchev–Trinajstić information content (AvgIpc) is 3.48. The normalized spacial score (nSPS) is 12.3. The van der Waals surface area contributed by atoms with E-state index < -0.39 is 0 Å². The third-order valence-corrected chi connectivity index (χ3v) is 13.3. The van der Waals surface area contributed by atoms with Gasteiger partial charge in [-0.1, -0.05) is 119 Å². The zero-order chi connectivity index (χ0) is 55.1. The number of nitrogens with zero attached hydrogens (tertiary/aromatic N) is 6. The predicted molar refractivity (Wildman–Crippen MR) is 315 cm³/mol. The molecule has 0 unspecified atom stereocenters. The summed E-state index contributed by atoms with van der Waals surface area (Å²) in [5.41, 5.74) is 31.2. The van der Waals surface area contributed by atoms with Gasteiger partial charge in [0.15, 0.2) is 0 Å². The first kappa shape index (κ1) is 55.1. The van der Waals surface area contributed by atoms with Crippen molar-refractivity contribution in [2.24, 2.45) is 5.73 Å². The number of hydrogen-bond acceptors (Lipinski definition) is 17. The molecule has 2 aromatic heterocycles. The third kappa shape index (κ3) is 14.3. The fourth-order valence-corrected chi connectivity index (χ4v) is 9.75. The van der Waals surface area contributed by atoms with E-state index in [0.29, 0.717) is 89.0 Å². The van der Waals surface area contributed by atoms with Crippen LogP contribution in [-0.4, -0.2) is 56.3 Å². The van der Waals surface area contributed by atoms with Crippen molar-refractivity contribution in [1.29, 1.82) is 0 Å². The monoisotopic (exact) mass is 1060 g/mol. The van der Waals surface area contributed by atoms with Crippen LogP contribution in [0.15, 0.2) is 115 Å². The zero-order valence-corrected chi connectivity index (χ0v) is 46.0. The molecule has 0 spiro atoms. The van der Waals surface area contributed by atoms with Gasteiger partial charge in [0.1, 0.15) is 23.0 Å². The van der Waals surface area contributed by atoms with E-state index in [9.17, 15) is 0 Å². The Morgan fingerprint density at radius 1 is 0.443 bits per heavy atom.